The summed E-state index contributed by atoms with van der Waals surface area (Å²) < 4.78 is 5.89. The molecule has 3 aromatic carbocycles. The number of furan rings is 1. The summed E-state index contributed by atoms with van der Waals surface area (Å²) >= 11 is 5.98. The van der Waals surface area contributed by atoms with E-state index in [1.54, 1.807) is 13.1 Å². The number of carboxylic acid groups (broad SMARTS) is 1. The molecule has 0 fully saturated rings. The van der Waals surface area contributed by atoms with Crippen molar-refractivity contribution in [3.63, 3.8) is 0 Å². The minimum Gasteiger partial charge on any atom is -0.479 e. The summed E-state index contributed by atoms with van der Waals surface area (Å²) in [5.41, 5.74) is 4.35. The lowest BCUT2D eigenvalue weighted by molar-refractivity contribution is -0.139. The van der Waals surface area contributed by atoms with Crippen LogP contribution in [0.25, 0.3) is 33.0 Å². The second-order valence-corrected chi connectivity index (χ2v) is 8.24. The number of H-pyrrole nitrogens is 1. The molecule has 3 N–H and O–H groups in total. The van der Waals surface area contributed by atoms with E-state index in [0.29, 0.717) is 21.7 Å². The summed E-state index contributed by atoms with van der Waals surface area (Å²) in [6.45, 7) is 1.78. The number of carbonyl (C=O) groups is 2. The number of carbonyl (C=O) groups excluding carboxylic acids is 1. The van der Waals surface area contributed by atoms with Crippen molar-refractivity contribution in [1.29, 1.82) is 0 Å². The third-order valence-electron chi connectivity index (χ3n) is 5.78. The standard InChI is InChI=1S/C26H19ClN2O4/c1-14-18-11-8-16(15-6-9-17(27)10-7-15)12-22(18)33-24(14)25(30)29-23(26(31)32)20-13-28-21-5-3-2-4-19(20)21/h2-13,23,28H,1H3,(H,29,30)(H,31,32). The Morgan fingerprint density at radius 2 is 1.73 bits per heavy atom. The van der Waals surface area contributed by atoms with E-state index in [4.69, 9.17) is 16.0 Å². The molecular weight excluding hydrogens is 440 g/mol. The first kappa shape index (κ1) is 20.8. The molecule has 33 heavy (non-hydrogen) atoms. The molecule has 1 atom stereocenters. The fraction of sp³-hybridized carbons (Fsp3) is 0.0769. The van der Waals surface area contributed by atoms with Gasteiger partial charge in [-0.25, -0.2) is 4.79 Å². The molecule has 0 aliphatic heterocycles. The van der Waals surface area contributed by atoms with Crippen molar-refractivity contribution in [2.75, 3.05) is 0 Å². The van der Waals surface area contributed by atoms with Crippen LogP contribution in [0.1, 0.15) is 27.7 Å². The SMILES string of the molecule is Cc1c(C(=O)NC(C(=O)O)c2c[nH]c3ccccc23)oc2cc(-c3ccc(Cl)cc3)ccc12. The number of para-hydroxylation sites is 1. The average molecular weight is 459 g/mol. The molecule has 0 spiro atoms. The molecule has 2 heterocycles. The number of fused-ring (bicyclic) bond motifs is 2. The minimum absolute atomic E-state index is 0.0874. The van der Waals surface area contributed by atoms with Crippen LogP contribution in [-0.2, 0) is 4.79 Å². The number of aliphatic carboxylic acids is 1. The van der Waals surface area contributed by atoms with Gasteiger partial charge in [-0.3, -0.25) is 4.79 Å². The maximum absolute atomic E-state index is 13.1. The van der Waals surface area contributed by atoms with Gasteiger partial charge in [0.2, 0.25) is 0 Å². The van der Waals surface area contributed by atoms with Crippen LogP contribution < -0.4 is 5.32 Å². The zero-order chi connectivity index (χ0) is 23.1. The maximum Gasteiger partial charge on any atom is 0.331 e. The lowest BCUT2D eigenvalue weighted by atomic mass is 10.0. The van der Waals surface area contributed by atoms with Gasteiger partial charge >= 0.3 is 5.97 Å². The van der Waals surface area contributed by atoms with E-state index >= 15 is 0 Å². The van der Waals surface area contributed by atoms with Crippen molar-refractivity contribution < 1.29 is 19.1 Å². The molecule has 5 aromatic rings. The van der Waals surface area contributed by atoms with Crippen molar-refractivity contribution >= 4 is 45.3 Å². The van der Waals surface area contributed by atoms with Crippen LogP contribution in [-0.4, -0.2) is 22.0 Å². The van der Waals surface area contributed by atoms with E-state index in [9.17, 15) is 14.7 Å². The van der Waals surface area contributed by atoms with Crippen molar-refractivity contribution in [3.8, 4) is 11.1 Å². The Hall–Kier alpha value is -4.03. The van der Waals surface area contributed by atoms with Crippen molar-refractivity contribution in [2.24, 2.45) is 0 Å². The number of halogens is 1. The maximum atomic E-state index is 13.1. The highest BCUT2D eigenvalue weighted by Gasteiger charge is 2.28. The van der Waals surface area contributed by atoms with Crippen LogP contribution in [0.3, 0.4) is 0 Å². The van der Waals surface area contributed by atoms with Crippen molar-refractivity contribution in [2.45, 2.75) is 13.0 Å². The summed E-state index contributed by atoms with van der Waals surface area (Å²) in [6, 6.07) is 19.2. The number of hydrogen-bond acceptors (Lipinski definition) is 3. The predicted octanol–water partition coefficient (Wildman–Crippen LogP) is 6.10. The Labute approximate surface area is 193 Å². The summed E-state index contributed by atoms with van der Waals surface area (Å²) in [7, 11) is 0. The molecule has 0 radical (unpaired) electrons. The third kappa shape index (κ3) is 3.75. The largest absolute Gasteiger partial charge is 0.479 e. The smallest absolute Gasteiger partial charge is 0.331 e. The molecule has 1 amide bonds. The van der Waals surface area contributed by atoms with Gasteiger partial charge < -0.3 is 19.8 Å². The molecule has 5 rings (SSSR count). The second-order valence-electron chi connectivity index (χ2n) is 7.81. The highest BCUT2D eigenvalue weighted by molar-refractivity contribution is 6.30. The molecule has 0 saturated heterocycles. The summed E-state index contributed by atoms with van der Waals surface area (Å²) in [5.74, 6) is -1.66. The number of hydrogen-bond donors (Lipinski definition) is 3. The lowest BCUT2D eigenvalue weighted by Crippen LogP contribution is -2.33. The highest BCUT2D eigenvalue weighted by Crippen LogP contribution is 2.31. The first-order valence-electron chi connectivity index (χ1n) is 10.3. The van der Waals surface area contributed by atoms with Gasteiger partial charge in [0.25, 0.3) is 5.91 Å². The van der Waals surface area contributed by atoms with E-state index in [0.717, 1.165) is 27.4 Å². The molecule has 0 saturated carbocycles. The van der Waals surface area contributed by atoms with E-state index in [1.165, 1.54) is 0 Å². The Balaban J connectivity index is 1.48. The zero-order valence-electron chi connectivity index (χ0n) is 17.6. The minimum atomic E-state index is -1.23. The Kier molecular flexibility index (Phi) is 5.15. The van der Waals surface area contributed by atoms with Gasteiger partial charge in [-0.15, -0.1) is 0 Å². The molecule has 164 valence electrons. The number of aryl methyl sites for hydroxylation is 1. The first-order chi connectivity index (χ1) is 15.9. The molecule has 0 bridgehead atoms. The number of aromatic nitrogens is 1. The number of aromatic amines is 1. The Bertz CT molecular complexity index is 1510. The van der Waals surface area contributed by atoms with Crippen LogP contribution in [0.4, 0.5) is 0 Å². The zero-order valence-corrected chi connectivity index (χ0v) is 18.3. The fourth-order valence-corrected chi connectivity index (χ4v) is 4.19. The van der Waals surface area contributed by atoms with Crippen LogP contribution in [0.2, 0.25) is 5.02 Å². The number of nitrogens with one attached hydrogen (secondary N) is 2. The number of amides is 1. The van der Waals surface area contributed by atoms with Crippen LogP contribution >= 0.6 is 11.6 Å². The van der Waals surface area contributed by atoms with Crippen molar-refractivity contribution in [3.05, 3.63) is 94.8 Å². The second kappa shape index (κ2) is 8.15. The fourth-order valence-electron chi connectivity index (χ4n) is 4.07. The van der Waals surface area contributed by atoms with Gasteiger partial charge in [-0.2, -0.15) is 0 Å². The van der Waals surface area contributed by atoms with E-state index in [2.05, 4.69) is 10.3 Å². The van der Waals surface area contributed by atoms with E-state index in [1.807, 2.05) is 66.7 Å². The van der Waals surface area contributed by atoms with E-state index < -0.39 is 17.9 Å². The molecule has 0 aliphatic carbocycles. The lowest BCUT2D eigenvalue weighted by Gasteiger charge is -2.13. The van der Waals surface area contributed by atoms with Gasteiger partial charge in [-0.1, -0.05) is 54.1 Å². The highest BCUT2D eigenvalue weighted by atomic mass is 35.5. The van der Waals surface area contributed by atoms with Gasteiger partial charge in [0, 0.05) is 38.6 Å². The molecule has 6 nitrogen and oxygen atoms in total. The Morgan fingerprint density at radius 3 is 2.48 bits per heavy atom. The normalized spacial score (nSPS) is 12.2. The van der Waals surface area contributed by atoms with Crippen LogP contribution in [0, 0.1) is 6.92 Å². The van der Waals surface area contributed by atoms with Crippen LogP contribution in [0.5, 0.6) is 0 Å². The van der Waals surface area contributed by atoms with Gasteiger partial charge in [0.15, 0.2) is 11.8 Å². The summed E-state index contributed by atoms with van der Waals surface area (Å²) in [6.07, 6.45) is 1.60. The van der Waals surface area contributed by atoms with E-state index in [-0.39, 0.29) is 5.76 Å². The van der Waals surface area contributed by atoms with Crippen LogP contribution in [0.15, 0.2) is 77.3 Å². The monoisotopic (exact) mass is 458 g/mol. The third-order valence-corrected chi connectivity index (χ3v) is 6.03. The molecule has 1 unspecified atom stereocenters. The topological polar surface area (TPSA) is 95.3 Å². The van der Waals surface area contributed by atoms with Gasteiger partial charge in [-0.05, 0) is 42.3 Å². The number of carboxylic acids is 1. The predicted molar refractivity (Wildman–Crippen MR) is 128 cm³/mol. The number of rotatable bonds is 5. The number of benzene rings is 3. The summed E-state index contributed by atoms with van der Waals surface area (Å²) in [4.78, 5) is 28.2. The average Bonchev–Trinajstić information content (AvgIpc) is 3.38. The Morgan fingerprint density at radius 1 is 1.00 bits per heavy atom. The first-order valence-corrected chi connectivity index (χ1v) is 10.7. The van der Waals surface area contributed by atoms with Crippen molar-refractivity contribution in [1.82, 2.24) is 10.3 Å². The van der Waals surface area contributed by atoms with Gasteiger partial charge in [0.1, 0.15) is 5.58 Å². The van der Waals surface area contributed by atoms with Gasteiger partial charge in [0.05, 0.1) is 0 Å². The molecule has 2 aromatic heterocycles. The molecule has 7 heteroatoms. The molecule has 0 aliphatic rings. The summed E-state index contributed by atoms with van der Waals surface area (Å²) in [5, 5.41) is 14.6. The quantitative estimate of drug-likeness (QED) is 0.296. The molecular formula is C26H19ClN2O4.